The molecule has 1 aromatic rings. The summed E-state index contributed by atoms with van der Waals surface area (Å²) in [5.41, 5.74) is 1.31. The first-order valence-electron chi connectivity index (χ1n) is 7.32. The van der Waals surface area contributed by atoms with Crippen LogP contribution in [0.1, 0.15) is 36.4 Å². The number of benzene rings is 1. The van der Waals surface area contributed by atoms with Gasteiger partial charge in [0, 0.05) is 0 Å². The van der Waals surface area contributed by atoms with Gasteiger partial charge in [-0.25, -0.2) is 0 Å². The third-order valence-corrected chi connectivity index (χ3v) is 4.21. The van der Waals surface area contributed by atoms with Gasteiger partial charge >= 0.3 is 6.18 Å². The normalized spacial score (nSPS) is 26.0. The maximum Gasteiger partial charge on any atom is 0.416 e. The number of alkyl halides is 3. The molecule has 2 unspecified atom stereocenters. The summed E-state index contributed by atoms with van der Waals surface area (Å²) in [6.07, 6.45) is 5.12. The van der Waals surface area contributed by atoms with Crippen LogP contribution in [0.2, 0.25) is 0 Å². The molecule has 1 N–H and O–H groups in total. The SMILES string of the molecule is FC(F)(F)c1cccc(C2NCCCC3C=CC=C2C3)c1. The van der Waals surface area contributed by atoms with E-state index < -0.39 is 11.7 Å². The molecule has 1 aromatic carbocycles. The molecule has 1 heterocycles. The molecule has 1 aliphatic heterocycles. The number of allylic oxidation sites excluding steroid dienone is 3. The number of halogens is 3. The lowest BCUT2D eigenvalue weighted by Gasteiger charge is -2.30. The molecule has 1 saturated heterocycles. The number of rotatable bonds is 1. The summed E-state index contributed by atoms with van der Waals surface area (Å²) < 4.78 is 38.7. The molecule has 2 bridgehead atoms. The van der Waals surface area contributed by atoms with Crippen molar-refractivity contribution in [2.24, 2.45) is 5.92 Å². The first-order valence-corrected chi connectivity index (χ1v) is 7.32. The van der Waals surface area contributed by atoms with Crippen LogP contribution in [0.5, 0.6) is 0 Å². The first kappa shape index (κ1) is 14.4. The van der Waals surface area contributed by atoms with E-state index in [0.717, 1.165) is 31.9 Å². The molecule has 0 spiro atoms. The lowest BCUT2D eigenvalue weighted by molar-refractivity contribution is -0.137. The molecule has 2 atom stereocenters. The molecule has 0 aromatic heterocycles. The highest BCUT2D eigenvalue weighted by molar-refractivity contribution is 5.36. The zero-order valence-corrected chi connectivity index (χ0v) is 11.7. The van der Waals surface area contributed by atoms with E-state index in [1.54, 1.807) is 6.07 Å². The van der Waals surface area contributed by atoms with Crippen molar-refractivity contribution in [3.05, 3.63) is 59.2 Å². The minimum absolute atomic E-state index is 0.111. The third kappa shape index (κ3) is 3.21. The second-order valence-electron chi connectivity index (χ2n) is 5.74. The number of hydrogen-bond acceptors (Lipinski definition) is 1. The Kier molecular flexibility index (Phi) is 3.89. The second kappa shape index (κ2) is 5.68. The van der Waals surface area contributed by atoms with Gasteiger partial charge in [0.2, 0.25) is 0 Å². The minimum Gasteiger partial charge on any atom is -0.307 e. The average Bonchev–Trinajstić information content (AvgIpc) is 2.45. The lowest BCUT2D eigenvalue weighted by atomic mass is 9.83. The second-order valence-corrected chi connectivity index (χ2v) is 5.74. The van der Waals surface area contributed by atoms with Crippen LogP contribution in [0.15, 0.2) is 48.1 Å². The largest absolute Gasteiger partial charge is 0.416 e. The fraction of sp³-hybridized carbons (Fsp3) is 0.412. The molecule has 1 nitrogen and oxygen atoms in total. The quantitative estimate of drug-likeness (QED) is 0.796. The molecule has 112 valence electrons. The summed E-state index contributed by atoms with van der Waals surface area (Å²) in [7, 11) is 0. The van der Waals surface area contributed by atoms with Gasteiger partial charge in [-0.1, -0.05) is 30.4 Å². The van der Waals surface area contributed by atoms with Crippen molar-refractivity contribution in [2.45, 2.75) is 31.5 Å². The van der Waals surface area contributed by atoms with Crippen molar-refractivity contribution >= 4 is 0 Å². The molecule has 0 amide bonds. The van der Waals surface area contributed by atoms with Crippen molar-refractivity contribution in [3.63, 3.8) is 0 Å². The standard InChI is InChI=1S/C17H18F3N/c18-17(19,20)15-8-2-7-14(11-15)16-13-6-1-4-12(10-13)5-3-9-21-16/h1-2,4,6-8,11-12,16,21H,3,5,9-10H2. The monoisotopic (exact) mass is 293 g/mol. The van der Waals surface area contributed by atoms with Crippen LogP contribution >= 0.6 is 0 Å². The van der Waals surface area contributed by atoms with Gasteiger partial charge in [-0.2, -0.15) is 13.2 Å². The van der Waals surface area contributed by atoms with Gasteiger partial charge < -0.3 is 5.32 Å². The Hall–Kier alpha value is -1.55. The van der Waals surface area contributed by atoms with E-state index >= 15 is 0 Å². The maximum atomic E-state index is 12.9. The van der Waals surface area contributed by atoms with Gasteiger partial charge in [0.05, 0.1) is 11.6 Å². The van der Waals surface area contributed by atoms with Crippen LogP contribution in [0.4, 0.5) is 13.2 Å². The Morgan fingerprint density at radius 3 is 2.86 bits per heavy atom. The average molecular weight is 293 g/mol. The molecular formula is C17H18F3N. The predicted octanol–water partition coefficient (Wildman–Crippen LogP) is 4.63. The van der Waals surface area contributed by atoms with E-state index in [1.165, 1.54) is 17.7 Å². The van der Waals surface area contributed by atoms with Gasteiger partial charge in [-0.15, -0.1) is 0 Å². The molecule has 3 rings (SSSR count). The van der Waals surface area contributed by atoms with Gasteiger partial charge in [0.25, 0.3) is 0 Å². The number of hydrogen-bond donors (Lipinski definition) is 1. The van der Waals surface area contributed by atoms with Crippen LogP contribution in [0, 0.1) is 5.92 Å². The highest BCUT2D eigenvalue weighted by atomic mass is 19.4. The van der Waals surface area contributed by atoms with Crippen molar-refractivity contribution < 1.29 is 13.2 Å². The Morgan fingerprint density at radius 2 is 2.05 bits per heavy atom. The summed E-state index contributed by atoms with van der Waals surface area (Å²) in [5, 5.41) is 3.40. The maximum absolute atomic E-state index is 12.9. The zero-order valence-electron chi connectivity index (χ0n) is 11.7. The highest BCUT2D eigenvalue weighted by Crippen LogP contribution is 2.36. The number of nitrogens with one attached hydrogen (secondary N) is 1. The molecule has 21 heavy (non-hydrogen) atoms. The summed E-state index contributed by atoms with van der Waals surface area (Å²) >= 11 is 0. The molecular weight excluding hydrogens is 275 g/mol. The summed E-state index contributed by atoms with van der Waals surface area (Å²) in [4.78, 5) is 0. The van der Waals surface area contributed by atoms with Gasteiger partial charge in [-0.05, 0) is 55.0 Å². The van der Waals surface area contributed by atoms with E-state index in [9.17, 15) is 13.2 Å². The van der Waals surface area contributed by atoms with Gasteiger partial charge in [0.15, 0.2) is 0 Å². The molecule has 0 saturated carbocycles. The Labute approximate surface area is 122 Å². The number of fused-ring (bicyclic) bond motifs is 2. The Balaban J connectivity index is 1.94. The first-order chi connectivity index (χ1) is 10.0. The van der Waals surface area contributed by atoms with E-state index in [0.29, 0.717) is 11.5 Å². The topological polar surface area (TPSA) is 12.0 Å². The minimum atomic E-state index is -4.29. The van der Waals surface area contributed by atoms with Gasteiger partial charge in [0.1, 0.15) is 0 Å². The highest BCUT2D eigenvalue weighted by Gasteiger charge is 2.31. The fourth-order valence-corrected chi connectivity index (χ4v) is 3.16. The van der Waals surface area contributed by atoms with Crippen molar-refractivity contribution in [1.29, 1.82) is 0 Å². The Morgan fingerprint density at radius 1 is 1.19 bits per heavy atom. The molecule has 2 aliphatic rings. The van der Waals surface area contributed by atoms with E-state index in [-0.39, 0.29) is 6.04 Å². The fourth-order valence-electron chi connectivity index (χ4n) is 3.16. The van der Waals surface area contributed by atoms with Crippen LogP contribution in [-0.4, -0.2) is 6.54 Å². The van der Waals surface area contributed by atoms with Crippen molar-refractivity contribution in [1.82, 2.24) is 5.32 Å². The predicted molar refractivity (Wildman–Crippen MR) is 76.8 cm³/mol. The van der Waals surface area contributed by atoms with Crippen molar-refractivity contribution in [2.75, 3.05) is 6.54 Å². The van der Waals surface area contributed by atoms with E-state index in [2.05, 4.69) is 11.4 Å². The van der Waals surface area contributed by atoms with Crippen LogP contribution in [0.25, 0.3) is 0 Å². The molecule has 0 radical (unpaired) electrons. The summed E-state index contributed by atoms with van der Waals surface area (Å²) in [5.74, 6) is 0.528. The van der Waals surface area contributed by atoms with Crippen molar-refractivity contribution in [3.8, 4) is 0 Å². The summed E-state index contributed by atoms with van der Waals surface area (Å²) in [6.45, 7) is 0.836. The van der Waals surface area contributed by atoms with Crippen LogP contribution < -0.4 is 5.32 Å². The smallest absolute Gasteiger partial charge is 0.307 e. The zero-order chi connectivity index (χ0) is 14.9. The Bertz CT molecular complexity index is 572. The third-order valence-electron chi connectivity index (χ3n) is 4.21. The molecule has 1 aliphatic carbocycles. The van der Waals surface area contributed by atoms with Gasteiger partial charge in [-0.3, -0.25) is 0 Å². The van der Waals surface area contributed by atoms with E-state index in [1.807, 2.05) is 12.2 Å². The molecule has 1 fully saturated rings. The van der Waals surface area contributed by atoms with E-state index in [4.69, 9.17) is 0 Å². The van der Waals surface area contributed by atoms with Crippen LogP contribution in [-0.2, 0) is 6.18 Å². The van der Waals surface area contributed by atoms with Crippen LogP contribution in [0.3, 0.4) is 0 Å². The lowest BCUT2D eigenvalue weighted by Crippen LogP contribution is -2.28. The summed E-state index contributed by atoms with van der Waals surface area (Å²) in [6, 6.07) is 5.57. The molecule has 4 heteroatoms.